The number of halogens is 1. The molecule has 0 saturated heterocycles. The monoisotopic (exact) mass is 466 g/mol. The Balaban J connectivity index is 2.10. The van der Waals surface area contributed by atoms with Crippen LogP contribution in [0.3, 0.4) is 0 Å². The van der Waals surface area contributed by atoms with Crippen molar-refractivity contribution in [2.75, 3.05) is 5.75 Å². The normalized spacial score (nSPS) is 11.5. The maximum atomic E-state index is 13.0. The Hall–Kier alpha value is -2.10. The minimum absolute atomic E-state index is 0.0345. The molecular weight excluding hydrogens is 452 g/mol. The molecule has 0 bridgehead atoms. The molecule has 3 rings (SSSR count). The van der Waals surface area contributed by atoms with Gasteiger partial charge in [0.15, 0.2) is 0 Å². The highest BCUT2D eigenvalue weighted by molar-refractivity contribution is 9.10. The maximum absolute atomic E-state index is 13.0. The molecule has 2 aromatic carbocycles. The molecule has 0 fully saturated rings. The van der Waals surface area contributed by atoms with E-state index in [-0.39, 0.29) is 26.7 Å². The fourth-order valence-corrected chi connectivity index (χ4v) is 4.77. The smallest absolute Gasteiger partial charge is 0.228 e. The number of carbonyl (C=O) groups excluding carboxylic acids is 1. The number of carbonyl (C=O) groups is 1. The predicted molar refractivity (Wildman–Crippen MR) is 106 cm³/mol. The zero-order valence-corrected chi connectivity index (χ0v) is 17.4. The van der Waals surface area contributed by atoms with Crippen LogP contribution < -0.4 is 5.73 Å². The number of aromatic nitrogens is 1. The second-order valence-electron chi connectivity index (χ2n) is 5.69. The van der Waals surface area contributed by atoms with Crippen molar-refractivity contribution in [2.24, 2.45) is 5.73 Å². The summed E-state index contributed by atoms with van der Waals surface area (Å²) in [6, 6.07) is 13.5. The number of oxazole rings is 1. The summed E-state index contributed by atoms with van der Waals surface area (Å²) in [6.07, 6.45) is 0. The van der Waals surface area contributed by atoms with Gasteiger partial charge >= 0.3 is 0 Å². The summed E-state index contributed by atoms with van der Waals surface area (Å²) in [6.45, 7) is 1.94. The highest BCUT2D eigenvalue weighted by atomic mass is 79.9. The van der Waals surface area contributed by atoms with E-state index in [2.05, 4.69) is 20.9 Å². The molecule has 0 radical (unpaired) electrons. The van der Waals surface area contributed by atoms with Crippen molar-refractivity contribution >= 4 is 43.4 Å². The van der Waals surface area contributed by atoms with Crippen LogP contribution in [-0.2, 0) is 14.6 Å². The SMILES string of the molecule is Cc1ccc(-c2nc(S(=O)(=O)c3ccc(Br)cc3)c(SCC(N)=O)o2)cc1. The van der Waals surface area contributed by atoms with Crippen LogP contribution in [0.1, 0.15) is 5.56 Å². The summed E-state index contributed by atoms with van der Waals surface area (Å²) in [5, 5.41) is -0.195. The number of amides is 1. The summed E-state index contributed by atoms with van der Waals surface area (Å²) in [5.74, 6) is -0.538. The molecule has 27 heavy (non-hydrogen) atoms. The highest BCUT2D eigenvalue weighted by Gasteiger charge is 2.29. The van der Waals surface area contributed by atoms with Crippen LogP contribution in [-0.4, -0.2) is 25.1 Å². The Morgan fingerprint density at radius 2 is 1.78 bits per heavy atom. The third-order valence-electron chi connectivity index (χ3n) is 3.59. The standard InChI is InChI=1S/C18H15BrN2O4S2/c1-11-2-4-12(5-3-11)16-21-17(18(25-16)26-10-15(20)22)27(23,24)14-8-6-13(19)7-9-14/h2-9H,10H2,1H3,(H2,20,22). The lowest BCUT2D eigenvalue weighted by molar-refractivity contribution is -0.115. The molecule has 0 atom stereocenters. The Morgan fingerprint density at radius 3 is 2.37 bits per heavy atom. The van der Waals surface area contributed by atoms with Crippen molar-refractivity contribution < 1.29 is 17.6 Å². The van der Waals surface area contributed by atoms with Gasteiger partial charge in [-0.15, -0.1) is 0 Å². The fraction of sp³-hybridized carbons (Fsp3) is 0.111. The first-order valence-corrected chi connectivity index (χ1v) is 11.0. The van der Waals surface area contributed by atoms with Crippen molar-refractivity contribution in [3.05, 3.63) is 58.6 Å². The van der Waals surface area contributed by atoms with Gasteiger partial charge in [-0.05, 0) is 43.3 Å². The molecule has 0 unspecified atom stereocenters. The third-order valence-corrected chi connectivity index (χ3v) is 6.89. The van der Waals surface area contributed by atoms with Crippen molar-refractivity contribution in [1.82, 2.24) is 4.98 Å². The summed E-state index contributed by atoms with van der Waals surface area (Å²) in [7, 11) is -3.93. The lowest BCUT2D eigenvalue weighted by atomic mass is 10.1. The van der Waals surface area contributed by atoms with Gasteiger partial charge < -0.3 is 10.2 Å². The molecule has 1 amide bonds. The van der Waals surface area contributed by atoms with Gasteiger partial charge in [-0.25, -0.2) is 8.42 Å². The number of sulfone groups is 1. The molecule has 140 valence electrons. The van der Waals surface area contributed by atoms with E-state index in [1.165, 1.54) is 12.1 Å². The van der Waals surface area contributed by atoms with Crippen LogP contribution >= 0.6 is 27.7 Å². The molecule has 1 aromatic heterocycles. The number of hydrogen-bond donors (Lipinski definition) is 1. The van der Waals surface area contributed by atoms with Gasteiger partial charge in [-0.2, -0.15) is 4.98 Å². The van der Waals surface area contributed by atoms with Crippen LogP contribution in [0.25, 0.3) is 11.5 Å². The van der Waals surface area contributed by atoms with Crippen molar-refractivity contribution in [1.29, 1.82) is 0 Å². The largest absolute Gasteiger partial charge is 0.428 e. The molecule has 0 aliphatic carbocycles. The molecule has 9 heteroatoms. The quantitative estimate of drug-likeness (QED) is 0.553. The molecule has 0 aliphatic heterocycles. The first-order valence-electron chi connectivity index (χ1n) is 7.77. The molecule has 6 nitrogen and oxygen atoms in total. The topological polar surface area (TPSA) is 103 Å². The van der Waals surface area contributed by atoms with E-state index >= 15 is 0 Å². The van der Waals surface area contributed by atoms with E-state index in [0.717, 1.165) is 21.8 Å². The van der Waals surface area contributed by atoms with Gasteiger partial charge in [0.1, 0.15) is 0 Å². The molecule has 2 N–H and O–H groups in total. The average molecular weight is 467 g/mol. The second-order valence-corrected chi connectivity index (χ2v) is 9.42. The number of benzene rings is 2. The summed E-state index contributed by atoms with van der Waals surface area (Å²) in [5.41, 5.74) is 6.88. The Kier molecular flexibility index (Phi) is 5.73. The number of thioether (sulfide) groups is 1. The fourth-order valence-electron chi connectivity index (χ4n) is 2.23. The van der Waals surface area contributed by atoms with E-state index in [1.54, 1.807) is 24.3 Å². The number of aryl methyl sites for hydroxylation is 1. The van der Waals surface area contributed by atoms with Crippen LogP contribution in [0.15, 0.2) is 72.4 Å². The van der Waals surface area contributed by atoms with Gasteiger partial charge in [-0.1, -0.05) is 45.4 Å². The molecular formula is C18H15BrN2O4S2. The molecule has 1 heterocycles. The second kappa shape index (κ2) is 7.87. The Labute approximate surface area is 169 Å². The lowest BCUT2D eigenvalue weighted by Gasteiger charge is -2.03. The maximum Gasteiger partial charge on any atom is 0.228 e. The summed E-state index contributed by atoms with van der Waals surface area (Å²) in [4.78, 5) is 15.4. The van der Waals surface area contributed by atoms with E-state index in [4.69, 9.17) is 10.2 Å². The highest BCUT2D eigenvalue weighted by Crippen LogP contribution is 2.35. The number of nitrogens with zero attached hydrogens (tertiary/aromatic N) is 1. The molecule has 0 aliphatic rings. The van der Waals surface area contributed by atoms with E-state index < -0.39 is 15.7 Å². The van der Waals surface area contributed by atoms with Crippen LogP contribution in [0.4, 0.5) is 0 Å². The van der Waals surface area contributed by atoms with E-state index in [9.17, 15) is 13.2 Å². The number of rotatable bonds is 6. The van der Waals surface area contributed by atoms with Crippen LogP contribution in [0.5, 0.6) is 0 Å². The first-order chi connectivity index (χ1) is 12.8. The van der Waals surface area contributed by atoms with Crippen molar-refractivity contribution in [3.63, 3.8) is 0 Å². The van der Waals surface area contributed by atoms with Crippen molar-refractivity contribution in [2.45, 2.75) is 21.9 Å². The van der Waals surface area contributed by atoms with Gasteiger partial charge in [0.25, 0.3) is 0 Å². The van der Waals surface area contributed by atoms with Gasteiger partial charge in [-0.3, -0.25) is 4.79 Å². The summed E-state index contributed by atoms with van der Waals surface area (Å²) >= 11 is 4.19. The zero-order chi connectivity index (χ0) is 19.6. The van der Waals surface area contributed by atoms with Crippen LogP contribution in [0, 0.1) is 6.92 Å². The van der Waals surface area contributed by atoms with Gasteiger partial charge in [0.05, 0.1) is 10.6 Å². The first kappa shape index (κ1) is 19.7. The molecule has 3 aromatic rings. The zero-order valence-electron chi connectivity index (χ0n) is 14.2. The molecule has 0 saturated carbocycles. The minimum atomic E-state index is -3.93. The van der Waals surface area contributed by atoms with Crippen LogP contribution in [0.2, 0.25) is 0 Å². The average Bonchev–Trinajstić information content (AvgIpc) is 3.06. The number of hydrogen-bond acceptors (Lipinski definition) is 6. The summed E-state index contributed by atoms with van der Waals surface area (Å²) < 4.78 is 32.5. The Bertz CT molecular complexity index is 1080. The van der Waals surface area contributed by atoms with E-state index in [1.807, 2.05) is 19.1 Å². The number of nitrogens with two attached hydrogens (primary N) is 1. The third kappa shape index (κ3) is 4.42. The lowest BCUT2D eigenvalue weighted by Crippen LogP contribution is -2.13. The predicted octanol–water partition coefficient (Wildman–Crippen LogP) is 3.82. The Morgan fingerprint density at radius 1 is 1.15 bits per heavy atom. The van der Waals surface area contributed by atoms with E-state index in [0.29, 0.717) is 5.56 Å². The van der Waals surface area contributed by atoms with Gasteiger partial charge in [0.2, 0.25) is 31.8 Å². The van der Waals surface area contributed by atoms with Gasteiger partial charge in [0, 0.05) is 10.0 Å². The number of primary amides is 1. The van der Waals surface area contributed by atoms with Crippen molar-refractivity contribution in [3.8, 4) is 11.5 Å². The minimum Gasteiger partial charge on any atom is -0.428 e. The molecule has 0 spiro atoms.